The van der Waals surface area contributed by atoms with E-state index in [1.165, 1.54) is 12.8 Å². The van der Waals surface area contributed by atoms with Crippen LogP contribution in [0.25, 0.3) is 0 Å². The lowest BCUT2D eigenvalue weighted by Crippen LogP contribution is -2.44. The van der Waals surface area contributed by atoms with E-state index in [1.54, 1.807) is 0 Å². The van der Waals surface area contributed by atoms with Crippen LogP contribution in [-0.2, 0) is 4.79 Å². The topological polar surface area (TPSA) is 29.1 Å². The fourth-order valence-corrected chi connectivity index (χ4v) is 8.56. The third-order valence-corrected chi connectivity index (χ3v) is 9.54. The molecule has 0 radical (unpaired) electrons. The lowest BCUT2D eigenvalue weighted by Gasteiger charge is -2.37. The molecule has 1 N–H and O–H groups in total. The van der Waals surface area contributed by atoms with Crippen LogP contribution in [0.15, 0.2) is 0 Å². The van der Waals surface area contributed by atoms with Crippen molar-refractivity contribution >= 4 is 27.5 Å². The summed E-state index contributed by atoms with van der Waals surface area (Å²) < 4.78 is 0.256. The van der Waals surface area contributed by atoms with Crippen molar-refractivity contribution in [2.24, 2.45) is 27.1 Å². The summed E-state index contributed by atoms with van der Waals surface area (Å²) in [5.74, 6) is 1.24. The van der Waals surface area contributed by atoms with Crippen LogP contribution in [0.1, 0.15) is 123 Å². The largest absolute Gasteiger partial charge is 0.355 e. The molecule has 1 amide bonds. The average molecular weight is 474 g/mol. The van der Waals surface area contributed by atoms with Gasteiger partial charge in [-0.15, -0.1) is 0 Å². The summed E-state index contributed by atoms with van der Waals surface area (Å²) in [5.41, 5.74) is 0.486. The number of nitrogens with one attached hydrogen (secondary N) is 1. The second-order valence-electron chi connectivity index (χ2n) is 14.6. The van der Waals surface area contributed by atoms with Crippen LogP contribution in [0.4, 0.5) is 0 Å². The first-order chi connectivity index (χ1) is 13.5. The fraction of sp³-hybridized carbons (Fsp3) is 0.963. The van der Waals surface area contributed by atoms with E-state index in [1.807, 2.05) is 21.6 Å². The smallest absolute Gasteiger partial charge is 0.225 e. The van der Waals surface area contributed by atoms with Crippen molar-refractivity contribution in [1.82, 2.24) is 5.32 Å². The minimum atomic E-state index is -0.369. The van der Waals surface area contributed by atoms with Crippen molar-refractivity contribution in [1.29, 1.82) is 0 Å². The van der Waals surface area contributed by atoms with Crippen LogP contribution in [-0.4, -0.2) is 23.0 Å². The molecule has 31 heavy (non-hydrogen) atoms. The van der Waals surface area contributed by atoms with E-state index >= 15 is 0 Å². The maximum Gasteiger partial charge on any atom is 0.225 e. The summed E-state index contributed by atoms with van der Waals surface area (Å²) in [4.78, 5) is 13.1. The van der Waals surface area contributed by atoms with E-state index in [-0.39, 0.29) is 32.3 Å². The lowest BCUT2D eigenvalue weighted by molar-refractivity contribution is -0.131. The first-order valence-electron chi connectivity index (χ1n) is 12.1. The first kappa shape index (κ1) is 31.2. The zero-order valence-corrected chi connectivity index (χ0v) is 25.1. The SMILES string of the molecule is CCC(C)(C)CC(C)(C)SSCC(C)(C)CC(C)(C)C(=O)NCC(C)(C)CC(C)(C)C. The van der Waals surface area contributed by atoms with Gasteiger partial charge in [0.1, 0.15) is 0 Å². The maximum atomic E-state index is 13.1. The Morgan fingerprint density at radius 2 is 1.23 bits per heavy atom. The van der Waals surface area contributed by atoms with Crippen molar-refractivity contribution in [3.8, 4) is 0 Å². The Balaban J connectivity index is 4.77. The Kier molecular flexibility index (Phi) is 11.1. The summed E-state index contributed by atoms with van der Waals surface area (Å²) in [5, 5.41) is 3.27. The van der Waals surface area contributed by atoms with Crippen LogP contribution in [0.2, 0.25) is 0 Å². The van der Waals surface area contributed by atoms with E-state index in [0.29, 0.717) is 5.41 Å². The zero-order chi connectivity index (χ0) is 24.9. The molecule has 0 spiro atoms. The standard InChI is InChI=1S/C27H55NOS2/c1-15-23(5,6)18-27(13,14)31-30-20-25(9,10)17-26(11,12)21(29)28-19-24(7,8)16-22(2,3)4/h15-20H2,1-14H3,(H,28,29). The van der Waals surface area contributed by atoms with E-state index in [9.17, 15) is 4.79 Å². The quantitative estimate of drug-likeness (QED) is 0.270. The second-order valence-corrected chi connectivity index (χ2v) is 17.6. The van der Waals surface area contributed by atoms with Gasteiger partial charge in [-0.3, -0.25) is 4.79 Å². The van der Waals surface area contributed by atoms with Gasteiger partial charge in [-0.05, 0) is 54.8 Å². The Morgan fingerprint density at radius 1 is 0.710 bits per heavy atom. The Hall–Kier alpha value is 0.170. The van der Waals surface area contributed by atoms with E-state index < -0.39 is 0 Å². The summed E-state index contributed by atoms with van der Waals surface area (Å²) >= 11 is 0. The zero-order valence-electron chi connectivity index (χ0n) is 23.5. The van der Waals surface area contributed by atoms with E-state index in [0.717, 1.165) is 25.1 Å². The van der Waals surface area contributed by atoms with Gasteiger partial charge < -0.3 is 5.32 Å². The van der Waals surface area contributed by atoms with Gasteiger partial charge in [-0.25, -0.2) is 0 Å². The van der Waals surface area contributed by atoms with Gasteiger partial charge >= 0.3 is 0 Å². The van der Waals surface area contributed by atoms with Gasteiger partial charge in [0.05, 0.1) is 0 Å². The summed E-state index contributed by atoms with van der Waals surface area (Å²) in [6.07, 6.45) is 4.40. The van der Waals surface area contributed by atoms with Crippen molar-refractivity contribution in [3.63, 3.8) is 0 Å². The van der Waals surface area contributed by atoms with Crippen molar-refractivity contribution in [3.05, 3.63) is 0 Å². The number of hydrogen-bond acceptors (Lipinski definition) is 3. The van der Waals surface area contributed by atoms with Gasteiger partial charge in [-0.2, -0.15) is 0 Å². The van der Waals surface area contributed by atoms with E-state index in [4.69, 9.17) is 0 Å². The molecule has 0 heterocycles. The minimum absolute atomic E-state index is 0.101. The third kappa shape index (κ3) is 14.1. The predicted octanol–water partition coefficient (Wildman–Crippen LogP) is 8.99. The average Bonchev–Trinajstić information content (AvgIpc) is 2.47. The van der Waals surface area contributed by atoms with Gasteiger partial charge in [0, 0.05) is 22.5 Å². The predicted molar refractivity (Wildman–Crippen MR) is 146 cm³/mol. The highest BCUT2D eigenvalue weighted by Gasteiger charge is 2.36. The van der Waals surface area contributed by atoms with E-state index in [2.05, 4.69) is 102 Å². The highest BCUT2D eigenvalue weighted by Crippen LogP contribution is 2.47. The number of rotatable bonds is 13. The van der Waals surface area contributed by atoms with Crippen LogP contribution in [0.3, 0.4) is 0 Å². The number of carbonyl (C=O) groups is 1. The summed E-state index contributed by atoms with van der Waals surface area (Å²) in [6.45, 7) is 32.6. The first-order valence-corrected chi connectivity index (χ1v) is 14.4. The molecule has 0 rings (SSSR count). The number of amides is 1. The maximum absolute atomic E-state index is 13.1. The third-order valence-electron chi connectivity index (χ3n) is 5.87. The molecule has 0 aromatic heterocycles. The summed E-state index contributed by atoms with van der Waals surface area (Å²) in [7, 11) is 4.00. The Labute approximate surface area is 204 Å². The van der Waals surface area contributed by atoms with Crippen LogP contribution < -0.4 is 5.32 Å². The molecular weight excluding hydrogens is 418 g/mol. The number of carbonyl (C=O) groups excluding carboxylic acids is 1. The molecule has 0 saturated heterocycles. The second kappa shape index (κ2) is 11.1. The van der Waals surface area contributed by atoms with Gasteiger partial charge in [0.25, 0.3) is 0 Å². The van der Waals surface area contributed by atoms with Crippen molar-refractivity contribution in [2.45, 2.75) is 127 Å². The molecule has 2 nitrogen and oxygen atoms in total. The van der Waals surface area contributed by atoms with Crippen LogP contribution >= 0.6 is 21.6 Å². The molecule has 0 unspecified atom stereocenters. The molecule has 0 saturated carbocycles. The monoisotopic (exact) mass is 473 g/mol. The van der Waals surface area contributed by atoms with Gasteiger partial charge in [0.15, 0.2) is 0 Å². The Morgan fingerprint density at radius 3 is 1.68 bits per heavy atom. The lowest BCUT2D eigenvalue weighted by atomic mass is 9.74. The molecule has 0 aliphatic heterocycles. The van der Waals surface area contributed by atoms with Crippen LogP contribution in [0.5, 0.6) is 0 Å². The van der Waals surface area contributed by atoms with Crippen molar-refractivity contribution < 1.29 is 4.79 Å². The molecule has 4 heteroatoms. The summed E-state index contributed by atoms with van der Waals surface area (Å²) in [6, 6.07) is 0. The molecule has 186 valence electrons. The van der Waals surface area contributed by atoms with Gasteiger partial charge in [-0.1, -0.05) is 111 Å². The minimum Gasteiger partial charge on any atom is -0.355 e. The molecule has 0 bridgehead atoms. The van der Waals surface area contributed by atoms with Gasteiger partial charge in [0.2, 0.25) is 5.91 Å². The molecule has 0 atom stereocenters. The normalized spacial score (nSPS) is 14.6. The molecular formula is C27H55NOS2. The molecule has 0 aromatic carbocycles. The highest BCUT2D eigenvalue weighted by molar-refractivity contribution is 8.77. The van der Waals surface area contributed by atoms with Crippen molar-refractivity contribution in [2.75, 3.05) is 12.3 Å². The Bertz CT molecular complexity index is 568. The molecule has 0 aliphatic carbocycles. The number of hydrogen-bond donors (Lipinski definition) is 1. The molecule has 0 fully saturated rings. The highest BCUT2D eigenvalue weighted by atomic mass is 33.1. The molecule has 0 aromatic rings. The fourth-order valence-electron chi connectivity index (χ4n) is 5.04. The molecule has 0 aliphatic rings. The van der Waals surface area contributed by atoms with Crippen LogP contribution in [0, 0.1) is 27.1 Å².